The van der Waals surface area contributed by atoms with Crippen molar-refractivity contribution in [2.24, 2.45) is 5.92 Å². The van der Waals surface area contributed by atoms with E-state index in [2.05, 4.69) is 41.8 Å². The van der Waals surface area contributed by atoms with Crippen LogP contribution in [0.25, 0.3) is 0 Å². The molecule has 0 radical (unpaired) electrons. The van der Waals surface area contributed by atoms with Crippen LogP contribution < -0.4 is 5.32 Å². The summed E-state index contributed by atoms with van der Waals surface area (Å²) in [5.74, 6) is 0.319. The molecule has 17 heavy (non-hydrogen) atoms. The Morgan fingerprint density at radius 2 is 1.71 bits per heavy atom. The lowest BCUT2D eigenvalue weighted by molar-refractivity contribution is -0.120. The summed E-state index contributed by atoms with van der Waals surface area (Å²) in [7, 11) is 0. The summed E-state index contributed by atoms with van der Waals surface area (Å²) in [6.07, 6.45) is 4.07. The maximum atomic E-state index is 12.1. The molecule has 1 N–H and O–H groups in total. The van der Waals surface area contributed by atoms with Gasteiger partial charge in [-0.25, -0.2) is 0 Å². The molecule has 1 rings (SSSR count). The molecule has 0 aliphatic carbocycles. The van der Waals surface area contributed by atoms with Gasteiger partial charge in [0.1, 0.15) is 0 Å². The van der Waals surface area contributed by atoms with Gasteiger partial charge in [0.25, 0.3) is 0 Å². The van der Waals surface area contributed by atoms with Gasteiger partial charge in [-0.2, -0.15) is 0 Å². The van der Waals surface area contributed by atoms with Gasteiger partial charge in [0, 0.05) is 15.2 Å². The predicted molar refractivity (Wildman–Crippen MR) is 81.1 cm³/mol. The lowest BCUT2D eigenvalue weighted by Gasteiger charge is -2.15. The zero-order valence-corrected chi connectivity index (χ0v) is 12.7. The van der Waals surface area contributed by atoms with Gasteiger partial charge in [-0.1, -0.05) is 26.7 Å². The Kier molecular flexibility index (Phi) is 6.55. The first-order valence-electron chi connectivity index (χ1n) is 6.23. The molecule has 0 aromatic heterocycles. The number of amides is 1. The standard InChI is InChI=1S/C14H20INO/c1-3-5-11(6-4-2)14(17)16-13-9-7-12(15)8-10-13/h7-11H,3-6H2,1-2H3,(H,16,17). The molecule has 0 aliphatic heterocycles. The highest BCUT2D eigenvalue weighted by Crippen LogP contribution is 2.17. The summed E-state index contributed by atoms with van der Waals surface area (Å²) in [5.41, 5.74) is 0.896. The predicted octanol–water partition coefficient (Wildman–Crippen LogP) is 4.45. The van der Waals surface area contributed by atoms with Crippen molar-refractivity contribution < 1.29 is 4.79 Å². The van der Waals surface area contributed by atoms with E-state index in [4.69, 9.17) is 0 Å². The van der Waals surface area contributed by atoms with Crippen molar-refractivity contribution in [3.8, 4) is 0 Å². The number of carbonyl (C=O) groups is 1. The quantitative estimate of drug-likeness (QED) is 0.759. The van der Waals surface area contributed by atoms with Gasteiger partial charge in [-0.3, -0.25) is 4.79 Å². The zero-order chi connectivity index (χ0) is 12.7. The van der Waals surface area contributed by atoms with E-state index in [9.17, 15) is 4.79 Å². The highest BCUT2D eigenvalue weighted by Gasteiger charge is 2.16. The minimum atomic E-state index is 0.157. The van der Waals surface area contributed by atoms with Gasteiger partial charge >= 0.3 is 0 Å². The van der Waals surface area contributed by atoms with Crippen LogP contribution in [0.2, 0.25) is 0 Å². The minimum absolute atomic E-state index is 0.157. The molecule has 0 bridgehead atoms. The molecule has 2 nitrogen and oxygen atoms in total. The average molecular weight is 345 g/mol. The third kappa shape index (κ3) is 5.06. The Hall–Kier alpha value is -0.580. The molecular weight excluding hydrogens is 325 g/mol. The smallest absolute Gasteiger partial charge is 0.227 e. The van der Waals surface area contributed by atoms with Crippen molar-refractivity contribution in [2.75, 3.05) is 5.32 Å². The minimum Gasteiger partial charge on any atom is -0.326 e. The maximum absolute atomic E-state index is 12.1. The fraction of sp³-hybridized carbons (Fsp3) is 0.500. The molecular formula is C14H20INO. The van der Waals surface area contributed by atoms with E-state index in [1.807, 2.05) is 24.3 Å². The van der Waals surface area contributed by atoms with Crippen LogP contribution in [0.15, 0.2) is 24.3 Å². The number of hydrogen-bond acceptors (Lipinski definition) is 1. The van der Waals surface area contributed by atoms with Gasteiger partial charge in [-0.05, 0) is 59.7 Å². The topological polar surface area (TPSA) is 29.1 Å². The molecule has 0 atom stereocenters. The monoisotopic (exact) mass is 345 g/mol. The normalized spacial score (nSPS) is 10.6. The van der Waals surface area contributed by atoms with Crippen molar-refractivity contribution in [3.05, 3.63) is 27.8 Å². The molecule has 0 spiro atoms. The Morgan fingerprint density at radius 1 is 1.18 bits per heavy atom. The van der Waals surface area contributed by atoms with E-state index in [1.54, 1.807) is 0 Å². The first-order chi connectivity index (χ1) is 8.17. The van der Waals surface area contributed by atoms with Gasteiger partial charge in [-0.15, -0.1) is 0 Å². The molecule has 0 fully saturated rings. The van der Waals surface area contributed by atoms with Gasteiger partial charge < -0.3 is 5.32 Å². The molecule has 1 amide bonds. The van der Waals surface area contributed by atoms with Crippen molar-refractivity contribution in [3.63, 3.8) is 0 Å². The van der Waals surface area contributed by atoms with Crippen LogP contribution in [0.3, 0.4) is 0 Å². The number of nitrogens with one attached hydrogen (secondary N) is 1. The number of anilines is 1. The maximum Gasteiger partial charge on any atom is 0.227 e. The van der Waals surface area contributed by atoms with Gasteiger partial charge in [0.2, 0.25) is 5.91 Å². The largest absolute Gasteiger partial charge is 0.326 e. The van der Waals surface area contributed by atoms with Crippen LogP contribution in [0.1, 0.15) is 39.5 Å². The average Bonchev–Trinajstić information content (AvgIpc) is 2.32. The molecule has 94 valence electrons. The molecule has 3 heteroatoms. The summed E-state index contributed by atoms with van der Waals surface area (Å²) in [6.45, 7) is 4.25. The molecule has 0 heterocycles. The van der Waals surface area contributed by atoms with E-state index in [-0.39, 0.29) is 11.8 Å². The molecule has 1 aromatic rings. The molecule has 0 aliphatic rings. The second-order valence-electron chi connectivity index (χ2n) is 4.27. The van der Waals surface area contributed by atoms with Crippen LogP contribution in [0.4, 0.5) is 5.69 Å². The van der Waals surface area contributed by atoms with Crippen LogP contribution in [-0.2, 0) is 4.79 Å². The third-order valence-corrected chi connectivity index (χ3v) is 3.48. The van der Waals surface area contributed by atoms with E-state index in [0.29, 0.717) is 0 Å². The summed E-state index contributed by atoms with van der Waals surface area (Å²) < 4.78 is 1.18. The SMILES string of the molecule is CCCC(CCC)C(=O)Nc1ccc(I)cc1. The van der Waals surface area contributed by atoms with Crippen molar-refractivity contribution in [2.45, 2.75) is 39.5 Å². The number of halogens is 1. The van der Waals surface area contributed by atoms with E-state index < -0.39 is 0 Å². The van der Waals surface area contributed by atoms with Crippen LogP contribution in [0, 0.1) is 9.49 Å². The highest BCUT2D eigenvalue weighted by atomic mass is 127. The van der Waals surface area contributed by atoms with Gasteiger partial charge in [0.15, 0.2) is 0 Å². The Bertz CT molecular complexity index is 342. The zero-order valence-electron chi connectivity index (χ0n) is 10.5. The molecule has 1 aromatic carbocycles. The fourth-order valence-electron chi connectivity index (χ4n) is 1.88. The Morgan fingerprint density at radius 3 is 2.18 bits per heavy atom. The highest BCUT2D eigenvalue weighted by molar-refractivity contribution is 14.1. The van der Waals surface area contributed by atoms with Crippen molar-refractivity contribution in [1.29, 1.82) is 0 Å². The molecule has 0 saturated heterocycles. The number of rotatable bonds is 6. The number of benzene rings is 1. The molecule has 0 saturated carbocycles. The van der Waals surface area contributed by atoms with Crippen LogP contribution >= 0.6 is 22.6 Å². The van der Waals surface area contributed by atoms with E-state index in [0.717, 1.165) is 31.4 Å². The second-order valence-corrected chi connectivity index (χ2v) is 5.52. The number of carbonyl (C=O) groups excluding carboxylic acids is 1. The summed E-state index contributed by atoms with van der Waals surface area (Å²) >= 11 is 2.26. The third-order valence-electron chi connectivity index (χ3n) is 2.76. The van der Waals surface area contributed by atoms with Crippen molar-refractivity contribution in [1.82, 2.24) is 0 Å². The first kappa shape index (κ1) is 14.5. The summed E-state index contributed by atoms with van der Waals surface area (Å²) in [4.78, 5) is 12.1. The fourth-order valence-corrected chi connectivity index (χ4v) is 2.24. The summed E-state index contributed by atoms with van der Waals surface area (Å²) in [6, 6.07) is 7.92. The Labute approximate surface area is 117 Å². The lowest BCUT2D eigenvalue weighted by Crippen LogP contribution is -2.22. The number of hydrogen-bond donors (Lipinski definition) is 1. The van der Waals surface area contributed by atoms with Crippen LogP contribution in [-0.4, -0.2) is 5.91 Å². The second kappa shape index (κ2) is 7.69. The Balaban J connectivity index is 2.59. The van der Waals surface area contributed by atoms with E-state index >= 15 is 0 Å². The van der Waals surface area contributed by atoms with Crippen LogP contribution in [0.5, 0.6) is 0 Å². The summed E-state index contributed by atoms with van der Waals surface area (Å²) in [5, 5.41) is 3.00. The van der Waals surface area contributed by atoms with Crippen molar-refractivity contribution >= 4 is 34.2 Å². The van der Waals surface area contributed by atoms with E-state index in [1.165, 1.54) is 3.57 Å². The lowest BCUT2D eigenvalue weighted by atomic mass is 9.97. The molecule has 0 unspecified atom stereocenters. The first-order valence-corrected chi connectivity index (χ1v) is 7.31. The van der Waals surface area contributed by atoms with Gasteiger partial charge in [0.05, 0.1) is 0 Å².